The Hall–Kier alpha value is -0.880. The number of carbonyl (C=O) groups excluding carboxylic acids is 1. The molecule has 1 aliphatic heterocycles. The number of halogens is 2. The van der Waals surface area contributed by atoms with E-state index in [0.29, 0.717) is 29.4 Å². The molecule has 1 unspecified atom stereocenters. The Balaban J connectivity index is 2.41. The maximum Gasteiger partial charge on any atom is 0.329 e. The van der Waals surface area contributed by atoms with Crippen molar-refractivity contribution in [3.8, 4) is 0 Å². The van der Waals surface area contributed by atoms with Gasteiger partial charge in [0.1, 0.15) is 5.54 Å². The van der Waals surface area contributed by atoms with Gasteiger partial charge in [-0.1, -0.05) is 29.3 Å². The first-order valence-corrected chi connectivity index (χ1v) is 8.51. The van der Waals surface area contributed by atoms with E-state index >= 15 is 0 Å². The minimum absolute atomic E-state index is 0.225. The molecule has 0 radical (unpaired) electrons. The molecule has 1 heterocycles. The molecule has 2 rings (SSSR count). The van der Waals surface area contributed by atoms with Crippen LogP contribution in [0.3, 0.4) is 0 Å². The largest absolute Gasteiger partial charge is 0.479 e. The number of amides is 1. The molecule has 0 aliphatic carbocycles. The van der Waals surface area contributed by atoms with Gasteiger partial charge >= 0.3 is 5.97 Å². The predicted molar refractivity (Wildman–Crippen MR) is 87.4 cm³/mol. The van der Waals surface area contributed by atoms with E-state index in [2.05, 4.69) is 31.9 Å². The molecule has 114 valence electrons. The molecule has 1 aromatic rings. The summed E-state index contributed by atoms with van der Waals surface area (Å²) in [5.74, 6) is -1.13. The van der Waals surface area contributed by atoms with E-state index in [0.717, 1.165) is 17.3 Å². The topological polar surface area (TPSA) is 57.6 Å². The van der Waals surface area contributed by atoms with Gasteiger partial charge in [-0.2, -0.15) is 0 Å². The number of carboxylic acids is 1. The lowest BCUT2D eigenvalue weighted by molar-refractivity contribution is -0.148. The molecule has 1 amide bonds. The van der Waals surface area contributed by atoms with Crippen molar-refractivity contribution in [3.63, 3.8) is 0 Å². The molecule has 1 atom stereocenters. The molecular weight excluding hydrogens is 402 g/mol. The highest BCUT2D eigenvalue weighted by atomic mass is 79.9. The van der Waals surface area contributed by atoms with E-state index in [4.69, 9.17) is 0 Å². The van der Waals surface area contributed by atoms with Gasteiger partial charge < -0.3 is 10.0 Å². The summed E-state index contributed by atoms with van der Waals surface area (Å²) < 4.78 is 1.48. The van der Waals surface area contributed by atoms with Crippen molar-refractivity contribution in [2.24, 2.45) is 0 Å². The van der Waals surface area contributed by atoms with Gasteiger partial charge in [-0.05, 0) is 53.4 Å². The van der Waals surface area contributed by atoms with Gasteiger partial charge in [0.15, 0.2) is 0 Å². The molecule has 0 bridgehead atoms. The van der Waals surface area contributed by atoms with E-state index in [1.165, 1.54) is 4.90 Å². The standard InChI is InChI=1S/C15H17Br2NO3/c1-2-6-15(14(20)21)7-3-8-18(15)13(19)11-9-10(16)4-5-12(11)17/h4-5,9H,2-3,6-8H2,1H3,(H,20,21). The van der Waals surface area contributed by atoms with Crippen LogP contribution in [0.15, 0.2) is 27.1 Å². The lowest BCUT2D eigenvalue weighted by Crippen LogP contribution is -2.53. The van der Waals surface area contributed by atoms with Gasteiger partial charge in [0.2, 0.25) is 0 Å². The van der Waals surface area contributed by atoms with Crippen molar-refractivity contribution in [2.45, 2.75) is 38.1 Å². The molecule has 0 spiro atoms. The molecule has 21 heavy (non-hydrogen) atoms. The Labute approximate surface area is 140 Å². The second-order valence-corrected chi connectivity index (χ2v) is 7.04. The van der Waals surface area contributed by atoms with E-state index in [1.54, 1.807) is 12.1 Å². The molecule has 1 aromatic carbocycles. The van der Waals surface area contributed by atoms with Crippen LogP contribution in [-0.4, -0.2) is 34.0 Å². The lowest BCUT2D eigenvalue weighted by Gasteiger charge is -2.35. The lowest BCUT2D eigenvalue weighted by atomic mass is 9.90. The second kappa shape index (κ2) is 6.48. The fourth-order valence-electron chi connectivity index (χ4n) is 2.98. The Kier molecular flexibility index (Phi) is 5.09. The van der Waals surface area contributed by atoms with E-state index < -0.39 is 11.5 Å². The van der Waals surface area contributed by atoms with Gasteiger partial charge in [0.25, 0.3) is 5.91 Å². The number of carbonyl (C=O) groups is 2. The van der Waals surface area contributed by atoms with Gasteiger partial charge in [-0.25, -0.2) is 4.79 Å². The summed E-state index contributed by atoms with van der Waals surface area (Å²) in [4.78, 5) is 26.2. The zero-order chi connectivity index (χ0) is 15.6. The average molecular weight is 419 g/mol. The number of rotatable bonds is 4. The summed E-state index contributed by atoms with van der Waals surface area (Å²) in [6, 6.07) is 5.35. The molecule has 0 aromatic heterocycles. The van der Waals surface area contributed by atoms with Crippen molar-refractivity contribution in [1.82, 2.24) is 4.90 Å². The summed E-state index contributed by atoms with van der Waals surface area (Å²) in [5.41, 5.74) is -0.568. The molecular formula is C15H17Br2NO3. The SMILES string of the molecule is CCCC1(C(=O)O)CCCN1C(=O)c1cc(Br)ccc1Br. The maximum atomic E-state index is 12.8. The minimum atomic E-state index is -1.06. The number of aliphatic carboxylic acids is 1. The van der Waals surface area contributed by atoms with Crippen LogP contribution < -0.4 is 0 Å². The van der Waals surface area contributed by atoms with E-state index in [1.807, 2.05) is 13.0 Å². The van der Waals surface area contributed by atoms with Crippen molar-refractivity contribution in [3.05, 3.63) is 32.7 Å². The predicted octanol–water partition coefficient (Wildman–Crippen LogP) is 4.07. The fraction of sp³-hybridized carbons (Fsp3) is 0.467. The van der Waals surface area contributed by atoms with Crippen molar-refractivity contribution in [1.29, 1.82) is 0 Å². The van der Waals surface area contributed by atoms with Crippen LogP contribution in [-0.2, 0) is 4.79 Å². The number of likely N-dealkylation sites (tertiary alicyclic amines) is 1. The highest BCUT2D eigenvalue weighted by Crippen LogP contribution is 2.36. The number of hydrogen-bond acceptors (Lipinski definition) is 2. The highest BCUT2D eigenvalue weighted by molar-refractivity contribution is 9.11. The first-order valence-electron chi connectivity index (χ1n) is 6.93. The summed E-state index contributed by atoms with van der Waals surface area (Å²) in [5, 5.41) is 9.67. The Morgan fingerprint density at radius 3 is 2.71 bits per heavy atom. The molecule has 1 saturated heterocycles. The van der Waals surface area contributed by atoms with Crippen LogP contribution in [0.25, 0.3) is 0 Å². The van der Waals surface area contributed by atoms with Gasteiger partial charge in [0.05, 0.1) is 5.56 Å². The first-order chi connectivity index (χ1) is 9.92. The molecule has 6 heteroatoms. The average Bonchev–Trinajstić information content (AvgIpc) is 2.86. The van der Waals surface area contributed by atoms with Crippen LogP contribution in [0.1, 0.15) is 43.0 Å². The molecule has 1 aliphatic rings. The number of hydrogen-bond donors (Lipinski definition) is 1. The summed E-state index contributed by atoms with van der Waals surface area (Å²) in [7, 11) is 0. The normalized spacial score (nSPS) is 21.6. The Morgan fingerprint density at radius 2 is 2.10 bits per heavy atom. The number of benzene rings is 1. The Morgan fingerprint density at radius 1 is 1.38 bits per heavy atom. The third-order valence-corrected chi connectivity index (χ3v) is 5.14. The van der Waals surface area contributed by atoms with Crippen LogP contribution in [0.5, 0.6) is 0 Å². The van der Waals surface area contributed by atoms with Crippen LogP contribution >= 0.6 is 31.9 Å². The summed E-state index contributed by atoms with van der Waals surface area (Å²) >= 11 is 6.73. The van der Waals surface area contributed by atoms with Crippen LogP contribution in [0.4, 0.5) is 0 Å². The fourth-order valence-corrected chi connectivity index (χ4v) is 3.76. The smallest absolute Gasteiger partial charge is 0.329 e. The van der Waals surface area contributed by atoms with Gasteiger partial charge in [-0.3, -0.25) is 4.79 Å². The minimum Gasteiger partial charge on any atom is -0.479 e. The zero-order valence-corrected chi connectivity index (χ0v) is 14.9. The third kappa shape index (κ3) is 3.01. The monoisotopic (exact) mass is 417 g/mol. The first kappa shape index (κ1) is 16.5. The molecule has 4 nitrogen and oxygen atoms in total. The quantitative estimate of drug-likeness (QED) is 0.801. The van der Waals surface area contributed by atoms with Crippen LogP contribution in [0, 0.1) is 0 Å². The van der Waals surface area contributed by atoms with Crippen molar-refractivity contribution >= 4 is 43.7 Å². The van der Waals surface area contributed by atoms with Crippen molar-refractivity contribution in [2.75, 3.05) is 6.54 Å². The molecule has 0 saturated carbocycles. The summed E-state index contributed by atoms with van der Waals surface area (Å²) in [6.07, 6.45) is 2.46. The van der Waals surface area contributed by atoms with E-state index in [9.17, 15) is 14.7 Å². The second-order valence-electron chi connectivity index (χ2n) is 5.27. The zero-order valence-electron chi connectivity index (χ0n) is 11.7. The number of nitrogens with zero attached hydrogens (tertiary/aromatic N) is 1. The summed E-state index contributed by atoms with van der Waals surface area (Å²) in [6.45, 7) is 2.44. The highest BCUT2D eigenvalue weighted by Gasteiger charge is 2.49. The van der Waals surface area contributed by atoms with E-state index in [-0.39, 0.29) is 5.91 Å². The molecule has 1 N–H and O–H groups in total. The van der Waals surface area contributed by atoms with Crippen molar-refractivity contribution < 1.29 is 14.7 Å². The van der Waals surface area contributed by atoms with Crippen LogP contribution in [0.2, 0.25) is 0 Å². The Bertz CT molecular complexity index is 576. The van der Waals surface area contributed by atoms with Gasteiger partial charge in [0, 0.05) is 15.5 Å². The third-order valence-electron chi connectivity index (χ3n) is 3.95. The van der Waals surface area contributed by atoms with Gasteiger partial charge in [-0.15, -0.1) is 0 Å². The molecule has 1 fully saturated rings. The number of carboxylic acid groups (broad SMARTS) is 1. The maximum absolute atomic E-state index is 12.8.